The zero-order valence-electron chi connectivity index (χ0n) is 11.9. The van der Waals surface area contributed by atoms with Crippen molar-refractivity contribution in [3.8, 4) is 5.75 Å². The molecule has 0 aromatic heterocycles. The fourth-order valence-electron chi connectivity index (χ4n) is 3.08. The van der Waals surface area contributed by atoms with Gasteiger partial charge in [-0.05, 0) is 30.5 Å². The van der Waals surface area contributed by atoms with Gasteiger partial charge in [0.1, 0.15) is 11.9 Å². The molecule has 1 spiro atoms. The van der Waals surface area contributed by atoms with Crippen molar-refractivity contribution in [2.75, 3.05) is 19.8 Å². The van der Waals surface area contributed by atoms with Crippen LogP contribution in [0.15, 0.2) is 18.2 Å². The molecule has 3 rings (SSSR count). The third kappa shape index (κ3) is 3.73. The van der Waals surface area contributed by atoms with E-state index < -0.39 is 0 Å². The summed E-state index contributed by atoms with van der Waals surface area (Å²) in [5, 5.41) is 1.48. The first-order chi connectivity index (χ1) is 10.2. The van der Waals surface area contributed by atoms with Crippen molar-refractivity contribution < 1.29 is 14.2 Å². The van der Waals surface area contributed by atoms with Gasteiger partial charge in [-0.3, -0.25) is 0 Å². The highest BCUT2D eigenvalue weighted by atomic mass is 79.9. The average Bonchev–Trinajstić information content (AvgIpc) is 2.50. The standard InChI is InChI=1S/C16H20BrClO3/c17-11-12-1-2-15(14(18)9-12)21-13-3-6-20-16(10-13)4-7-19-8-5-16/h1-2,9,13H,3-8,10-11H2. The van der Waals surface area contributed by atoms with Gasteiger partial charge in [0.2, 0.25) is 0 Å². The third-order valence-electron chi connectivity index (χ3n) is 4.30. The Balaban J connectivity index is 1.67. The number of halogens is 2. The van der Waals surface area contributed by atoms with Gasteiger partial charge in [0, 0.05) is 31.4 Å². The van der Waals surface area contributed by atoms with E-state index in [1.807, 2.05) is 18.2 Å². The van der Waals surface area contributed by atoms with Crippen LogP contribution in [0.25, 0.3) is 0 Å². The van der Waals surface area contributed by atoms with Crippen LogP contribution in [0.5, 0.6) is 5.75 Å². The Labute approximate surface area is 139 Å². The van der Waals surface area contributed by atoms with Crippen LogP contribution in [0.2, 0.25) is 5.02 Å². The molecule has 5 heteroatoms. The van der Waals surface area contributed by atoms with Crippen molar-refractivity contribution in [1.82, 2.24) is 0 Å². The lowest BCUT2D eigenvalue weighted by molar-refractivity contribution is -0.155. The van der Waals surface area contributed by atoms with E-state index >= 15 is 0 Å². The minimum absolute atomic E-state index is 0.0521. The first-order valence-corrected chi connectivity index (χ1v) is 8.93. The molecule has 116 valence electrons. The quantitative estimate of drug-likeness (QED) is 0.735. The lowest BCUT2D eigenvalue weighted by Crippen LogP contribution is -2.47. The largest absolute Gasteiger partial charge is 0.489 e. The molecular weight excluding hydrogens is 356 g/mol. The van der Waals surface area contributed by atoms with Gasteiger partial charge >= 0.3 is 0 Å². The molecule has 2 fully saturated rings. The summed E-state index contributed by atoms with van der Waals surface area (Å²) in [5.41, 5.74) is 1.10. The highest BCUT2D eigenvalue weighted by molar-refractivity contribution is 9.08. The van der Waals surface area contributed by atoms with E-state index in [9.17, 15) is 0 Å². The van der Waals surface area contributed by atoms with Gasteiger partial charge in [0.05, 0.1) is 17.2 Å². The van der Waals surface area contributed by atoms with Crippen molar-refractivity contribution in [2.24, 2.45) is 0 Å². The maximum absolute atomic E-state index is 6.31. The number of hydrogen-bond donors (Lipinski definition) is 0. The number of hydrogen-bond acceptors (Lipinski definition) is 3. The van der Waals surface area contributed by atoms with Gasteiger partial charge < -0.3 is 14.2 Å². The Hall–Kier alpha value is -0.290. The first kappa shape index (κ1) is 15.6. The summed E-state index contributed by atoms with van der Waals surface area (Å²) in [4.78, 5) is 0. The maximum atomic E-state index is 6.31. The van der Waals surface area contributed by atoms with Crippen LogP contribution in [0, 0.1) is 0 Å². The van der Waals surface area contributed by atoms with Gasteiger partial charge in [-0.25, -0.2) is 0 Å². The van der Waals surface area contributed by atoms with Crippen molar-refractivity contribution in [3.63, 3.8) is 0 Å². The summed E-state index contributed by atoms with van der Waals surface area (Å²) in [7, 11) is 0. The van der Waals surface area contributed by atoms with Crippen molar-refractivity contribution in [3.05, 3.63) is 28.8 Å². The fourth-order valence-corrected chi connectivity index (χ4v) is 3.67. The summed E-state index contributed by atoms with van der Waals surface area (Å²) >= 11 is 9.74. The molecule has 0 amide bonds. The Kier molecular flexibility index (Phi) is 5.10. The van der Waals surface area contributed by atoms with Crippen LogP contribution in [-0.2, 0) is 14.8 Å². The second-order valence-electron chi connectivity index (χ2n) is 5.77. The van der Waals surface area contributed by atoms with E-state index in [0.29, 0.717) is 5.02 Å². The van der Waals surface area contributed by atoms with Gasteiger partial charge in [-0.2, -0.15) is 0 Å². The second-order valence-corrected chi connectivity index (χ2v) is 6.74. The number of rotatable bonds is 3. The van der Waals surface area contributed by atoms with Crippen LogP contribution in [0.1, 0.15) is 31.2 Å². The predicted molar refractivity (Wildman–Crippen MR) is 86.5 cm³/mol. The van der Waals surface area contributed by atoms with Gasteiger partial charge in [-0.15, -0.1) is 0 Å². The zero-order valence-corrected chi connectivity index (χ0v) is 14.3. The lowest BCUT2D eigenvalue weighted by Gasteiger charge is -2.43. The second kappa shape index (κ2) is 6.86. The molecule has 0 saturated carbocycles. The molecule has 1 aromatic rings. The van der Waals surface area contributed by atoms with Crippen molar-refractivity contribution in [1.29, 1.82) is 0 Å². The molecule has 2 saturated heterocycles. The van der Waals surface area contributed by atoms with Crippen LogP contribution < -0.4 is 4.74 Å². The van der Waals surface area contributed by atoms with Crippen LogP contribution in [0.3, 0.4) is 0 Å². The van der Waals surface area contributed by atoms with Crippen LogP contribution in [0.4, 0.5) is 0 Å². The molecule has 0 aliphatic carbocycles. The van der Waals surface area contributed by atoms with Crippen molar-refractivity contribution in [2.45, 2.75) is 42.7 Å². The zero-order chi connectivity index (χ0) is 14.7. The summed E-state index contributed by atoms with van der Waals surface area (Å²) in [6.07, 6.45) is 3.93. The minimum Gasteiger partial charge on any atom is -0.489 e. The molecule has 2 heterocycles. The van der Waals surface area contributed by atoms with E-state index in [1.165, 1.54) is 0 Å². The monoisotopic (exact) mass is 374 g/mol. The smallest absolute Gasteiger partial charge is 0.138 e. The Morgan fingerprint density at radius 3 is 2.81 bits per heavy atom. The molecule has 2 aliphatic rings. The van der Waals surface area contributed by atoms with Gasteiger partial charge in [0.25, 0.3) is 0 Å². The molecule has 3 nitrogen and oxygen atoms in total. The molecule has 1 atom stereocenters. The molecule has 1 unspecified atom stereocenters. The number of benzene rings is 1. The number of ether oxygens (including phenoxy) is 3. The van der Waals surface area contributed by atoms with Crippen molar-refractivity contribution >= 4 is 27.5 Å². The summed E-state index contributed by atoms with van der Waals surface area (Å²) < 4.78 is 17.6. The topological polar surface area (TPSA) is 27.7 Å². The van der Waals surface area contributed by atoms with E-state index in [0.717, 1.165) is 62.1 Å². The Morgan fingerprint density at radius 1 is 1.29 bits per heavy atom. The maximum Gasteiger partial charge on any atom is 0.138 e. The van der Waals surface area contributed by atoms with Crippen LogP contribution >= 0.6 is 27.5 Å². The molecular formula is C16H20BrClO3. The molecule has 21 heavy (non-hydrogen) atoms. The first-order valence-electron chi connectivity index (χ1n) is 7.43. The molecule has 0 N–H and O–H groups in total. The normalized spacial score (nSPS) is 25.0. The predicted octanol–water partition coefficient (Wildman–Crippen LogP) is 4.34. The van der Waals surface area contributed by atoms with Gasteiger partial charge in [-0.1, -0.05) is 33.6 Å². The Morgan fingerprint density at radius 2 is 2.10 bits per heavy atom. The van der Waals surface area contributed by atoms with E-state index in [-0.39, 0.29) is 11.7 Å². The highest BCUT2D eigenvalue weighted by Crippen LogP contribution is 2.37. The molecule has 1 aromatic carbocycles. The minimum atomic E-state index is -0.0521. The van der Waals surface area contributed by atoms with E-state index in [4.69, 9.17) is 25.8 Å². The molecule has 2 aliphatic heterocycles. The molecule has 0 radical (unpaired) electrons. The number of alkyl halides is 1. The summed E-state index contributed by atoms with van der Waals surface area (Å²) in [5.74, 6) is 0.774. The molecule has 0 bridgehead atoms. The summed E-state index contributed by atoms with van der Waals surface area (Å²) in [6.45, 7) is 2.32. The Bertz CT molecular complexity index is 483. The highest BCUT2D eigenvalue weighted by Gasteiger charge is 2.40. The third-order valence-corrected chi connectivity index (χ3v) is 5.24. The van der Waals surface area contributed by atoms with E-state index in [1.54, 1.807) is 0 Å². The van der Waals surface area contributed by atoms with E-state index in [2.05, 4.69) is 15.9 Å². The lowest BCUT2D eigenvalue weighted by atomic mass is 9.85. The SMILES string of the molecule is Clc1cc(CBr)ccc1OC1CCOC2(CCOCC2)C1. The van der Waals surface area contributed by atoms with Crippen LogP contribution in [-0.4, -0.2) is 31.5 Å². The fraction of sp³-hybridized carbons (Fsp3) is 0.625. The summed E-state index contributed by atoms with van der Waals surface area (Å²) in [6, 6.07) is 5.96. The van der Waals surface area contributed by atoms with Gasteiger partial charge in [0.15, 0.2) is 0 Å². The average molecular weight is 376 g/mol.